The maximum atomic E-state index is 13.0. The number of hydrogen-bond acceptors (Lipinski definition) is 5. The summed E-state index contributed by atoms with van der Waals surface area (Å²) in [5.41, 5.74) is 0.805. The van der Waals surface area contributed by atoms with Gasteiger partial charge in [0.25, 0.3) is 5.91 Å². The molecule has 1 atom stereocenters. The summed E-state index contributed by atoms with van der Waals surface area (Å²) in [6.07, 6.45) is 1.50. The lowest BCUT2D eigenvalue weighted by molar-refractivity contribution is -0.121. The molecule has 0 spiro atoms. The number of anilines is 1. The first-order valence-corrected chi connectivity index (χ1v) is 11.1. The van der Waals surface area contributed by atoms with Gasteiger partial charge in [0.1, 0.15) is 0 Å². The van der Waals surface area contributed by atoms with E-state index in [2.05, 4.69) is 22.3 Å². The maximum Gasteiger partial charge on any atom is 0.289 e. The average molecular weight is 436 g/mol. The molecule has 0 aliphatic carbocycles. The number of furan rings is 1. The van der Waals surface area contributed by atoms with Crippen molar-refractivity contribution in [3.63, 3.8) is 0 Å². The molecule has 2 aromatic carbocycles. The van der Waals surface area contributed by atoms with Crippen LogP contribution in [0.3, 0.4) is 0 Å². The molecule has 1 aromatic heterocycles. The monoisotopic (exact) mass is 435 g/mol. The highest BCUT2D eigenvalue weighted by atomic mass is 32.2. The van der Waals surface area contributed by atoms with Gasteiger partial charge in [-0.25, -0.2) is 0 Å². The Morgan fingerprint density at radius 3 is 2.35 bits per heavy atom. The maximum absolute atomic E-state index is 13.0. The van der Waals surface area contributed by atoms with Gasteiger partial charge in [-0.05, 0) is 43.3 Å². The second-order valence-electron chi connectivity index (χ2n) is 7.38. The average Bonchev–Trinajstić information content (AvgIpc) is 3.35. The SMILES string of the molecule is C[C@H](C(=O)Nc1ccccc1Sc1ccccc1)N1CCN(C(=O)c2ccco2)CC1. The standard InChI is InChI=1S/C24H25N3O3S/c1-18(26-13-15-27(16-14-26)24(29)21-11-7-17-30-21)23(28)25-20-10-5-6-12-22(20)31-19-8-3-2-4-9-19/h2-12,17-18H,13-16H2,1H3,(H,25,28)/t18-/m1/s1. The normalized spacial score (nSPS) is 15.5. The minimum Gasteiger partial charge on any atom is -0.459 e. The van der Waals surface area contributed by atoms with Crippen molar-refractivity contribution in [2.24, 2.45) is 0 Å². The van der Waals surface area contributed by atoms with Gasteiger partial charge in [-0.3, -0.25) is 14.5 Å². The number of amides is 2. The van der Waals surface area contributed by atoms with E-state index in [1.165, 1.54) is 6.26 Å². The Morgan fingerprint density at radius 2 is 1.65 bits per heavy atom. The molecule has 0 radical (unpaired) electrons. The van der Waals surface area contributed by atoms with Crippen molar-refractivity contribution in [3.8, 4) is 0 Å². The molecule has 0 unspecified atom stereocenters. The molecule has 1 saturated heterocycles. The van der Waals surface area contributed by atoms with Gasteiger partial charge in [0.15, 0.2) is 5.76 Å². The quantitative estimate of drug-likeness (QED) is 0.628. The summed E-state index contributed by atoms with van der Waals surface area (Å²) < 4.78 is 5.21. The predicted octanol–water partition coefficient (Wildman–Crippen LogP) is 4.22. The zero-order valence-corrected chi connectivity index (χ0v) is 18.2. The Morgan fingerprint density at radius 1 is 0.935 bits per heavy atom. The van der Waals surface area contributed by atoms with Crippen molar-refractivity contribution in [1.82, 2.24) is 9.80 Å². The third kappa shape index (κ3) is 5.18. The molecule has 3 aromatic rings. The zero-order valence-electron chi connectivity index (χ0n) is 17.4. The number of nitrogens with one attached hydrogen (secondary N) is 1. The van der Waals surface area contributed by atoms with Crippen molar-refractivity contribution in [1.29, 1.82) is 0 Å². The number of para-hydroxylation sites is 1. The number of hydrogen-bond donors (Lipinski definition) is 1. The number of piperazine rings is 1. The fourth-order valence-electron chi connectivity index (χ4n) is 3.55. The van der Waals surface area contributed by atoms with Crippen LogP contribution in [-0.4, -0.2) is 53.8 Å². The van der Waals surface area contributed by atoms with E-state index in [1.54, 1.807) is 28.8 Å². The Labute approximate surface area is 186 Å². The molecule has 7 heteroatoms. The highest BCUT2D eigenvalue weighted by Crippen LogP contribution is 2.33. The third-order valence-corrected chi connectivity index (χ3v) is 6.46. The van der Waals surface area contributed by atoms with E-state index in [9.17, 15) is 9.59 Å². The molecule has 2 amide bonds. The number of rotatable bonds is 6. The predicted molar refractivity (Wildman–Crippen MR) is 121 cm³/mol. The first-order valence-electron chi connectivity index (χ1n) is 10.3. The Hall–Kier alpha value is -3.03. The summed E-state index contributed by atoms with van der Waals surface area (Å²) in [6, 6.07) is 21.0. The topological polar surface area (TPSA) is 65.8 Å². The Kier molecular flexibility index (Phi) is 6.74. The largest absolute Gasteiger partial charge is 0.459 e. The lowest BCUT2D eigenvalue weighted by Crippen LogP contribution is -2.54. The minimum atomic E-state index is -0.296. The number of carbonyl (C=O) groups excluding carboxylic acids is 2. The van der Waals surface area contributed by atoms with Crippen LogP contribution < -0.4 is 5.32 Å². The van der Waals surface area contributed by atoms with Crippen LogP contribution in [0.4, 0.5) is 5.69 Å². The number of carbonyl (C=O) groups is 2. The van der Waals surface area contributed by atoms with Crippen LogP contribution in [0.5, 0.6) is 0 Å². The van der Waals surface area contributed by atoms with Crippen molar-refractivity contribution >= 4 is 29.3 Å². The molecule has 2 heterocycles. The van der Waals surface area contributed by atoms with Crippen LogP contribution in [0.25, 0.3) is 0 Å². The number of nitrogens with zero attached hydrogens (tertiary/aromatic N) is 2. The van der Waals surface area contributed by atoms with Gasteiger partial charge < -0.3 is 14.6 Å². The molecular formula is C24H25N3O3S. The molecule has 31 heavy (non-hydrogen) atoms. The molecule has 1 fully saturated rings. The molecule has 4 rings (SSSR count). The van der Waals surface area contributed by atoms with Crippen molar-refractivity contribution in [2.45, 2.75) is 22.8 Å². The molecule has 160 valence electrons. The van der Waals surface area contributed by atoms with Gasteiger partial charge in [0.05, 0.1) is 18.0 Å². The summed E-state index contributed by atoms with van der Waals surface area (Å²) in [5, 5.41) is 3.09. The summed E-state index contributed by atoms with van der Waals surface area (Å²) in [7, 11) is 0. The summed E-state index contributed by atoms with van der Waals surface area (Å²) in [6.45, 7) is 4.32. The lowest BCUT2D eigenvalue weighted by atomic mass is 10.2. The van der Waals surface area contributed by atoms with Gasteiger partial charge in [-0.2, -0.15) is 0 Å². The van der Waals surface area contributed by atoms with Gasteiger partial charge in [-0.15, -0.1) is 0 Å². The zero-order chi connectivity index (χ0) is 21.6. The van der Waals surface area contributed by atoms with Crippen molar-refractivity contribution in [2.75, 3.05) is 31.5 Å². The van der Waals surface area contributed by atoms with Crippen LogP contribution in [-0.2, 0) is 4.79 Å². The second-order valence-corrected chi connectivity index (χ2v) is 8.50. The fourth-order valence-corrected chi connectivity index (χ4v) is 4.47. The van der Waals surface area contributed by atoms with Crippen molar-refractivity contribution < 1.29 is 14.0 Å². The van der Waals surface area contributed by atoms with E-state index in [0.717, 1.165) is 15.5 Å². The Balaban J connectivity index is 1.35. The van der Waals surface area contributed by atoms with Crippen LogP contribution >= 0.6 is 11.8 Å². The first kappa shape index (κ1) is 21.2. The first-order chi connectivity index (χ1) is 15.1. The molecule has 1 aliphatic rings. The van der Waals surface area contributed by atoms with Gasteiger partial charge in [0, 0.05) is 36.0 Å². The smallest absolute Gasteiger partial charge is 0.289 e. The minimum absolute atomic E-state index is 0.0491. The lowest BCUT2D eigenvalue weighted by Gasteiger charge is -2.37. The molecule has 0 bridgehead atoms. The van der Waals surface area contributed by atoms with E-state index < -0.39 is 0 Å². The van der Waals surface area contributed by atoms with Gasteiger partial charge in [-0.1, -0.05) is 42.1 Å². The summed E-state index contributed by atoms with van der Waals surface area (Å²) >= 11 is 1.62. The van der Waals surface area contributed by atoms with E-state index >= 15 is 0 Å². The van der Waals surface area contributed by atoms with Gasteiger partial charge >= 0.3 is 0 Å². The van der Waals surface area contributed by atoms with Gasteiger partial charge in [0.2, 0.25) is 5.91 Å². The molecule has 1 N–H and O–H groups in total. The highest BCUT2D eigenvalue weighted by Gasteiger charge is 2.29. The van der Waals surface area contributed by atoms with E-state index in [1.807, 2.05) is 49.4 Å². The molecule has 1 aliphatic heterocycles. The molecule has 0 saturated carbocycles. The third-order valence-electron chi connectivity index (χ3n) is 5.38. The van der Waals surface area contributed by atoms with Crippen molar-refractivity contribution in [3.05, 3.63) is 78.8 Å². The van der Waals surface area contributed by atoms with Crippen LogP contribution in [0, 0.1) is 0 Å². The van der Waals surface area contributed by atoms with E-state index in [-0.39, 0.29) is 17.9 Å². The molecular weight excluding hydrogens is 410 g/mol. The van der Waals surface area contributed by atoms with E-state index in [4.69, 9.17) is 4.42 Å². The fraction of sp³-hybridized carbons (Fsp3) is 0.250. The van der Waals surface area contributed by atoms with Crippen LogP contribution in [0.15, 0.2) is 87.2 Å². The highest BCUT2D eigenvalue weighted by molar-refractivity contribution is 7.99. The van der Waals surface area contributed by atoms with Crippen LogP contribution in [0.2, 0.25) is 0 Å². The summed E-state index contributed by atoms with van der Waals surface area (Å²) in [4.78, 5) is 31.4. The molecule has 6 nitrogen and oxygen atoms in total. The number of benzene rings is 2. The Bertz CT molecular complexity index is 1020. The second kappa shape index (κ2) is 9.85. The van der Waals surface area contributed by atoms with E-state index in [0.29, 0.717) is 31.9 Å². The summed E-state index contributed by atoms with van der Waals surface area (Å²) in [5.74, 6) is 0.201. The van der Waals surface area contributed by atoms with Crippen LogP contribution in [0.1, 0.15) is 17.5 Å².